The highest BCUT2D eigenvalue weighted by atomic mass is 35.5. The van der Waals surface area contributed by atoms with Gasteiger partial charge in [-0.25, -0.2) is 4.79 Å². The molecule has 44 heavy (non-hydrogen) atoms. The topological polar surface area (TPSA) is 151 Å². The summed E-state index contributed by atoms with van der Waals surface area (Å²) in [6.45, 7) is 9.21. The Labute approximate surface area is 265 Å². The smallest absolute Gasteiger partial charge is 0.408 e. The summed E-state index contributed by atoms with van der Waals surface area (Å²) in [6, 6.07) is 8.88. The third-order valence-corrected chi connectivity index (χ3v) is 7.26. The predicted molar refractivity (Wildman–Crippen MR) is 172 cm³/mol. The maximum absolute atomic E-state index is 14.3. The summed E-state index contributed by atoms with van der Waals surface area (Å²) >= 11 is 6.43. The lowest BCUT2D eigenvalue weighted by atomic mass is 10.00. The summed E-state index contributed by atoms with van der Waals surface area (Å²) in [5, 5.41) is 15.8. The second-order valence-corrected chi connectivity index (χ2v) is 12.3. The van der Waals surface area contributed by atoms with Crippen molar-refractivity contribution in [2.75, 3.05) is 11.9 Å². The number of nitrogens with zero attached hydrogens (tertiary/aromatic N) is 1. The van der Waals surface area contributed by atoms with Crippen LogP contribution < -0.4 is 16.4 Å². The van der Waals surface area contributed by atoms with Crippen LogP contribution in [0.2, 0.25) is 5.02 Å². The normalized spacial score (nSPS) is 12.6. The number of anilines is 1. The zero-order valence-corrected chi connectivity index (χ0v) is 27.2. The van der Waals surface area contributed by atoms with E-state index in [1.165, 1.54) is 17.0 Å². The van der Waals surface area contributed by atoms with Crippen LogP contribution in [0.1, 0.15) is 96.2 Å². The molecule has 4 amide bonds. The average Bonchev–Trinajstić information content (AvgIpc) is 2.93. The molecule has 5 N–H and O–H groups in total. The van der Waals surface area contributed by atoms with E-state index in [-0.39, 0.29) is 25.1 Å². The highest BCUT2D eigenvalue weighted by molar-refractivity contribution is 6.34. The maximum Gasteiger partial charge on any atom is 0.408 e. The first-order chi connectivity index (χ1) is 20.7. The summed E-state index contributed by atoms with van der Waals surface area (Å²) in [4.78, 5) is 54.4. The number of primary amides is 1. The first-order valence-corrected chi connectivity index (χ1v) is 15.5. The molecule has 0 saturated heterocycles. The van der Waals surface area contributed by atoms with E-state index in [4.69, 9.17) is 22.1 Å². The number of aryl methyl sites for hydroxylation is 1. The summed E-state index contributed by atoms with van der Waals surface area (Å²) in [7, 11) is 0. The summed E-state index contributed by atoms with van der Waals surface area (Å²) in [5.74, 6) is -1.75. The average molecular weight is 631 g/mol. The summed E-state index contributed by atoms with van der Waals surface area (Å²) in [5.41, 5.74) is 6.16. The van der Waals surface area contributed by atoms with E-state index in [1.807, 2.05) is 0 Å². The van der Waals surface area contributed by atoms with Gasteiger partial charge >= 0.3 is 6.09 Å². The van der Waals surface area contributed by atoms with Crippen LogP contribution in [-0.2, 0) is 19.1 Å². The lowest BCUT2D eigenvalue weighted by molar-refractivity contribution is -0.141. The Kier molecular flexibility index (Phi) is 14.5. The number of alkyl carbamates (subject to hydrolysis) is 1. The second-order valence-electron chi connectivity index (χ2n) is 11.9. The molecule has 0 spiro atoms. The molecule has 0 radical (unpaired) electrons. The van der Waals surface area contributed by atoms with Crippen LogP contribution in [0.5, 0.6) is 5.75 Å². The lowest BCUT2D eigenvalue weighted by Gasteiger charge is -2.35. The monoisotopic (exact) mass is 630 g/mol. The van der Waals surface area contributed by atoms with Crippen LogP contribution in [0.15, 0.2) is 42.5 Å². The Bertz CT molecular complexity index is 1240. The van der Waals surface area contributed by atoms with Gasteiger partial charge in [-0.3, -0.25) is 14.4 Å². The van der Waals surface area contributed by atoms with E-state index in [1.54, 1.807) is 58.0 Å². The molecule has 0 heterocycles. The number of ether oxygens (including phenoxy) is 1. The Morgan fingerprint density at radius 2 is 1.64 bits per heavy atom. The molecule has 0 aliphatic heterocycles. The fourth-order valence-corrected chi connectivity index (χ4v) is 5.00. The number of carbonyl (C=O) groups excluding carboxylic acids is 4. The maximum atomic E-state index is 14.3. The quantitative estimate of drug-likeness (QED) is 0.158. The van der Waals surface area contributed by atoms with Crippen molar-refractivity contribution < 1.29 is 29.0 Å². The van der Waals surface area contributed by atoms with E-state index in [9.17, 15) is 24.3 Å². The van der Waals surface area contributed by atoms with Gasteiger partial charge in [-0.15, -0.1) is 0 Å². The Hall–Kier alpha value is -3.79. The van der Waals surface area contributed by atoms with Gasteiger partial charge in [0.2, 0.25) is 11.8 Å². The van der Waals surface area contributed by atoms with Gasteiger partial charge in [0, 0.05) is 13.0 Å². The van der Waals surface area contributed by atoms with Crippen molar-refractivity contribution in [2.24, 2.45) is 5.73 Å². The van der Waals surface area contributed by atoms with E-state index in [0.717, 1.165) is 37.7 Å². The fraction of sp³-hybridized carbons (Fsp3) is 0.515. The lowest BCUT2D eigenvalue weighted by Crippen LogP contribution is -2.52. The standard InChI is InChI=1S/C33H47ClN4O6/c1-6-7-8-9-10-11-21-38(31(42)26(19-20-27(35)40)36-32(43)44-33(3,4)5)29(23-15-17-24(39)18-16-23)30(41)37-28-22(2)13-12-14-25(28)34/h12-18,26,29,39H,6-11,19-21H2,1-5H3,(H2,35,40)(H,36,43)(H,37,41). The molecular weight excluding hydrogens is 584 g/mol. The van der Waals surface area contributed by atoms with Crippen molar-refractivity contribution in [1.29, 1.82) is 0 Å². The molecule has 0 saturated carbocycles. The summed E-state index contributed by atoms with van der Waals surface area (Å²) < 4.78 is 5.39. The molecule has 0 aliphatic rings. The first kappa shape index (κ1) is 36.4. The number of aromatic hydroxyl groups is 1. The van der Waals surface area contributed by atoms with Crippen LogP contribution in [0.25, 0.3) is 0 Å². The molecule has 0 aromatic heterocycles. The summed E-state index contributed by atoms with van der Waals surface area (Å²) in [6.07, 6.45) is 4.53. The zero-order chi connectivity index (χ0) is 32.9. The SMILES string of the molecule is CCCCCCCCN(C(=O)C(CCC(N)=O)NC(=O)OC(C)(C)C)C(C(=O)Nc1c(C)cccc1Cl)c1ccc(O)cc1. The van der Waals surface area contributed by atoms with Crippen molar-refractivity contribution in [2.45, 2.75) is 104 Å². The van der Waals surface area contributed by atoms with Crippen molar-refractivity contribution in [3.63, 3.8) is 0 Å². The molecule has 2 aromatic carbocycles. The largest absolute Gasteiger partial charge is 0.508 e. The molecule has 10 nitrogen and oxygen atoms in total. The van der Waals surface area contributed by atoms with Gasteiger partial charge in [0.1, 0.15) is 23.4 Å². The highest BCUT2D eigenvalue weighted by Gasteiger charge is 2.36. The van der Waals surface area contributed by atoms with E-state index in [0.29, 0.717) is 22.7 Å². The molecule has 0 aliphatic carbocycles. The van der Waals surface area contributed by atoms with Crippen molar-refractivity contribution in [3.8, 4) is 5.75 Å². The number of phenolic OH excluding ortho intramolecular Hbond substituents is 1. The minimum atomic E-state index is -1.20. The number of nitrogens with two attached hydrogens (primary N) is 1. The number of hydrogen-bond acceptors (Lipinski definition) is 6. The minimum Gasteiger partial charge on any atom is -0.508 e. The molecular formula is C33H47ClN4O6. The third-order valence-electron chi connectivity index (χ3n) is 6.94. The molecule has 0 bridgehead atoms. The molecule has 242 valence electrons. The van der Waals surface area contributed by atoms with Gasteiger partial charge in [0.05, 0.1) is 10.7 Å². The first-order valence-electron chi connectivity index (χ1n) is 15.2. The molecule has 2 unspecified atom stereocenters. The number of rotatable bonds is 16. The number of carbonyl (C=O) groups is 4. The van der Waals surface area contributed by atoms with Crippen LogP contribution >= 0.6 is 11.6 Å². The Morgan fingerprint density at radius 3 is 2.23 bits per heavy atom. The number of nitrogens with one attached hydrogen (secondary N) is 2. The predicted octanol–water partition coefficient (Wildman–Crippen LogP) is 6.38. The van der Waals surface area contributed by atoms with Gasteiger partial charge < -0.3 is 31.1 Å². The van der Waals surface area contributed by atoms with Gasteiger partial charge in [-0.1, -0.05) is 74.9 Å². The number of phenols is 1. The van der Waals surface area contributed by atoms with Crippen molar-refractivity contribution in [1.82, 2.24) is 10.2 Å². The number of unbranched alkanes of at least 4 members (excludes halogenated alkanes) is 5. The van der Waals surface area contributed by atoms with Gasteiger partial charge in [0.15, 0.2) is 0 Å². The molecule has 11 heteroatoms. The Morgan fingerprint density at radius 1 is 1.00 bits per heavy atom. The molecule has 2 aromatic rings. The van der Waals surface area contributed by atoms with Gasteiger partial charge in [0.25, 0.3) is 5.91 Å². The highest BCUT2D eigenvalue weighted by Crippen LogP contribution is 2.30. The van der Waals surface area contributed by atoms with Crippen molar-refractivity contribution >= 4 is 41.1 Å². The van der Waals surface area contributed by atoms with Crippen LogP contribution in [0.3, 0.4) is 0 Å². The molecule has 2 rings (SSSR count). The number of benzene rings is 2. The second kappa shape index (κ2) is 17.5. The van der Waals surface area contributed by atoms with Crippen LogP contribution in [0.4, 0.5) is 10.5 Å². The van der Waals surface area contributed by atoms with Gasteiger partial charge in [-0.05, 0) is 69.9 Å². The van der Waals surface area contributed by atoms with E-state index < -0.39 is 41.5 Å². The Balaban J connectivity index is 2.56. The third kappa shape index (κ3) is 12.1. The van der Waals surface area contributed by atoms with Crippen molar-refractivity contribution in [3.05, 3.63) is 58.6 Å². The number of amides is 4. The fourth-order valence-electron chi connectivity index (χ4n) is 4.73. The van der Waals surface area contributed by atoms with Crippen LogP contribution in [0, 0.1) is 6.92 Å². The van der Waals surface area contributed by atoms with E-state index in [2.05, 4.69) is 17.6 Å². The molecule has 0 fully saturated rings. The van der Waals surface area contributed by atoms with Crippen LogP contribution in [-0.4, -0.2) is 52.0 Å². The number of halogens is 1. The van der Waals surface area contributed by atoms with Gasteiger partial charge in [-0.2, -0.15) is 0 Å². The minimum absolute atomic E-state index is 0.00501. The zero-order valence-electron chi connectivity index (χ0n) is 26.5. The number of para-hydroxylation sites is 1. The molecule has 2 atom stereocenters. The van der Waals surface area contributed by atoms with E-state index >= 15 is 0 Å². The number of hydrogen-bond donors (Lipinski definition) is 4.